The number of amides is 1. The standard InChI is InChI=1S/C11H13F2NO2S/c12-11(13)16-9-3-1-2-8(6-9)7-14-10(15)4-5-17/h1-3,6,11,17H,4-5,7H2,(H,14,15). The van der Waals surface area contributed by atoms with Crippen molar-refractivity contribution in [3.8, 4) is 5.75 Å². The fourth-order valence-corrected chi connectivity index (χ4v) is 1.43. The van der Waals surface area contributed by atoms with E-state index in [1.54, 1.807) is 12.1 Å². The van der Waals surface area contributed by atoms with Gasteiger partial charge in [-0.1, -0.05) is 12.1 Å². The lowest BCUT2D eigenvalue weighted by molar-refractivity contribution is -0.120. The summed E-state index contributed by atoms with van der Waals surface area (Å²) in [7, 11) is 0. The fraction of sp³-hybridized carbons (Fsp3) is 0.364. The normalized spacial score (nSPS) is 10.4. The maximum Gasteiger partial charge on any atom is 0.387 e. The number of benzene rings is 1. The van der Waals surface area contributed by atoms with Crippen LogP contribution in [0.1, 0.15) is 12.0 Å². The monoisotopic (exact) mass is 261 g/mol. The highest BCUT2D eigenvalue weighted by Gasteiger charge is 2.05. The molecule has 17 heavy (non-hydrogen) atoms. The van der Waals surface area contributed by atoms with Gasteiger partial charge in [0.2, 0.25) is 5.91 Å². The molecule has 0 radical (unpaired) electrons. The maximum atomic E-state index is 12.0. The molecule has 0 fully saturated rings. The van der Waals surface area contributed by atoms with Crippen LogP contribution in [-0.2, 0) is 11.3 Å². The van der Waals surface area contributed by atoms with E-state index in [0.29, 0.717) is 17.7 Å². The number of carbonyl (C=O) groups is 1. The molecule has 0 bridgehead atoms. The lowest BCUT2D eigenvalue weighted by atomic mass is 10.2. The Morgan fingerprint density at radius 1 is 1.47 bits per heavy atom. The minimum Gasteiger partial charge on any atom is -0.435 e. The second kappa shape index (κ2) is 7.11. The van der Waals surface area contributed by atoms with Gasteiger partial charge in [0.1, 0.15) is 5.75 Å². The Balaban J connectivity index is 2.51. The summed E-state index contributed by atoms with van der Waals surface area (Å²) in [4.78, 5) is 11.2. The van der Waals surface area contributed by atoms with Gasteiger partial charge in [-0.2, -0.15) is 21.4 Å². The number of thiol groups is 1. The number of halogens is 2. The van der Waals surface area contributed by atoms with Crippen molar-refractivity contribution in [3.05, 3.63) is 29.8 Å². The second-order valence-electron chi connectivity index (χ2n) is 3.28. The topological polar surface area (TPSA) is 38.3 Å². The van der Waals surface area contributed by atoms with E-state index in [0.717, 1.165) is 0 Å². The molecule has 0 atom stereocenters. The summed E-state index contributed by atoms with van der Waals surface area (Å²) in [5.74, 6) is 0.432. The molecule has 94 valence electrons. The summed E-state index contributed by atoms with van der Waals surface area (Å²) in [6, 6.07) is 6.22. The Hall–Kier alpha value is -1.30. The molecular formula is C11H13F2NO2S. The van der Waals surface area contributed by atoms with Crippen LogP contribution in [0.3, 0.4) is 0 Å². The molecular weight excluding hydrogens is 248 g/mol. The van der Waals surface area contributed by atoms with E-state index in [9.17, 15) is 13.6 Å². The molecule has 1 amide bonds. The van der Waals surface area contributed by atoms with Gasteiger partial charge in [-0.05, 0) is 23.4 Å². The van der Waals surface area contributed by atoms with Crippen LogP contribution in [-0.4, -0.2) is 18.3 Å². The molecule has 0 saturated carbocycles. The molecule has 1 N–H and O–H groups in total. The molecule has 0 spiro atoms. The molecule has 0 heterocycles. The van der Waals surface area contributed by atoms with Gasteiger partial charge >= 0.3 is 6.61 Å². The van der Waals surface area contributed by atoms with Gasteiger partial charge in [0, 0.05) is 13.0 Å². The molecule has 0 unspecified atom stereocenters. The minimum atomic E-state index is -2.84. The number of alkyl halides is 2. The van der Waals surface area contributed by atoms with E-state index in [2.05, 4.69) is 22.7 Å². The van der Waals surface area contributed by atoms with Crippen molar-refractivity contribution >= 4 is 18.5 Å². The summed E-state index contributed by atoms with van der Waals surface area (Å²) in [6.07, 6.45) is 0.330. The number of hydrogen-bond donors (Lipinski definition) is 2. The lowest BCUT2D eigenvalue weighted by Crippen LogP contribution is -2.22. The average molecular weight is 261 g/mol. The molecule has 3 nitrogen and oxygen atoms in total. The first-order chi connectivity index (χ1) is 8.11. The molecule has 1 rings (SSSR count). The van der Waals surface area contributed by atoms with Crippen molar-refractivity contribution in [2.75, 3.05) is 5.75 Å². The smallest absolute Gasteiger partial charge is 0.387 e. The highest BCUT2D eigenvalue weighted by Crippen LogP contribution is 2.15. The maximum absolute atomic E-state index is 12.0. The fourth-order valence-electron chi connectivity index (χ4n) is 1.22. The van der Waals surface area contributed by atoms with E-state index in [1.165, 1.54) is 12.1 Å². The van der Waals surface area contributed by atoms with Crippen LogP contribution in [0.25, 0.3) is 0 Å². The minimum absolute atomic E-state index is 0.0842. The highest BCUT2D eigenvalue weighted by molar-refractivity contribution is 7.80. The van der Waals surface area contributed by atoms with Gasteiger partial charge in [0.25, 0.3) is 0 Å². The number of ether oxygens (including phenoxy) is 1. The van der Waals surface area contributed by atoms with Crippen molar-refractivity contribution < 1.29 is 18.3 Å². The van der Waals surface area contributed by atoms with Gasteiger partial charge in [-0.3, -0.25) is 4.79 Å². The Labute approximate surface area is 104 Å². The third-order valence-corrected chi connectivity index (χ3v) is 2.18. The molecule has 0 aromatic heterocycles. The van der Waals surface area contributed by atoms with Gasteiger partial charge < -0.3 is 10.1 Å². The molecule has 0 aliphatic heterocycles. The quantitative estimate of drug-likeness (QED) is 0.771. The van der Waals surface area contributed by atoms with E-state index in [1.807, 2.05) is 0 Å². The number of rotatable bonds is 6. The predicted molar refractivity (Wildman–Crippen MR) is 63.4 cm³/mol. The number of nitrogens with one attached hydrogen (secondary N) is 1. The summed E-state index contributed by atoms with van der Waals surface area (Å²) >= 11 is 3.93. The van der Waals surface area contributed by atoms with Crippen molar-refractivity contribution in [2.45, 2.75) is 19.6 Å². The van der Waals surface area contributed by atoms with Gasteiger partial charge in [-0.25, -0.2) is 0 Å². The van der Waals surface area contributed by atoms with Crippen molar-refractivity contribution in [1.82, 2.24) is 5.32 Å². The first-order valence-corrected chi connectivity index (χ1v) is 5.66. The number of hydrogen-bond acceptors (Lipinski definition) is 3. The summed E-state index contributed by atoms with van der Waals surface area (Å²) in [6.45, 7) is -2.56. The number of carbonyl (C=O) groups excluding carboxylic acids is 1. The van der Waals surface area contributed by atoms with Crippen LogP contribution in [0.15, 0.2) is 24.3 Å². The zero-order valence-corrected chi connectivity index (χ0v) is 9.92. The lowest BCUT2D eigenvalue weighted by Gasteiger charge is -2.07. The van der Waals surface area contributed by atoms with E-state index in [-0.39, 0.29) is 18.2 Å². The van der Waals surface area contributed by atoms with Crippen molar-refractivity contribution in [3.63, 3.8) is 0 Å². The predicted octanol–water partition coefficient (Wildman–Crippen LogP) is 2.22. The average Bonchev–Trinajstić information content (AvgIpc) is 2.26. The molecule has 0 aliphatic carbocycles. The Bertz CT molecular complexity index is 374. The van der Waals surface area contributed by atoms with Gasteiger partial charge in [0.15, 0.2) is 0 Å². The van der Waals surface area contributed by atoms with Crippen LogP contribution < -0.4 is 10.1 Å². The van der Waals surface area contributed by atoms with Crippen LogP contribution in [0.2, 0.25) is 0 Å². The zero-order chi connectivity index (χ0) is 12.7. The molecule has 1 aromatic rings. The van der Waals surface area contributed by atoms with Crippen LogP contribution in [0, 0.1) is 0 Å². The van der Waals surface area contributed by atoms with Crippen molar-refractivity contribution in [2.24, 2.45) is 0 Å². The van der Waals surface area contributed by atoms with E-state index >= 15 is 0 Å². The Morgan fingerprint density at radius 3 is 2.88 bits per heavy atom. The summed E-state index contributed by atoms with van der Waals surface area (Å²) in [5, 5.41) is 2.65. The molecule has 1 aromatic carbocycles. The highest BCUT2D eigenvalue weighted by atomic mass is 32.1. The van der Waals surface area contributed by atoms with Gasteiger partial charge in [-0.15, -0.1) is 0 Å². The first-order valence-electron chi connectivity index (χ1n) is 5.03. The first kappa shape index (κ1) is 13.8. The third kappa shape index (κ3) is 5.53. The Morgan fingerprint density at radius 2 is 2.24 bits per heavy atom. The Kier molecular flexibility index (Phi) is 5.76. The second-order valence-corrected chi connectivity index (χ2v) is 3.72. The molecule has 0 saturated heterocycles. The molecule has 0 aliphatic rings. The van der Waals surface area contributed by atoms with Gasteiger partial charge in [0.05, 0.1) is 0 Å². The molecule has 6 heteroatoms. The summed E-state index contributed by atoms with van der Waals surface area (Å²) < 4.78 is 28.2. The van der Waals surface area contributed by atoms with E-state index < -0.39 is 6.61 Å². The van der Waals surface area contributed by atoms with Crippen LogP contribution in [0.5, 0.6) is 5.75 Å². The van der Waals surface area contributed by atoms with Crippen LogP contribution in [0.4, 0.5) is 8.78 Å². The SMILES string of the molecule is O=C(CCS)NCc1cccc(OC(F)F)c1. The largest absolute Gasteiger partial charge is 0.435 e. The van der Waals surface area contributed by atoms with Crippen molar-refractivity contribution in [1.29, 1.82) is 0 Å². The van der Waals surface area contributed by atoms with Crippen LogP contribution >= 0.6 is 12.6 Å². The third-order valence-electron chi connectivity index (χ3n) is 1.95. The zero-order valence-electron chi connectivity index (χ0n) is 9.03. The van der Waals surface area contributed by atoms with E-state index in [4.69, 9.17) is 0 Å². The summed E-state index contributed by atoms with van der Waals surface area (Å²) in [5.41, 5.74) is 0.704.